The van der Waals surface area contributed by atoms with Gasteiger partial charge in [0.1, 0.15) is 5.69 Å². The minimum absolute atomic E-state index is 0.158. The van der Waals surface area contributed by atoms with Crippen molar-refractivity contribution in [3.8, 4) is 0 Å². The molecule has 0 spiro atoms. The first-order chi connectivity index (χ1) is 9.97. The number of aryl methyl sites for hydroxylation is 1. The summed E-state index contributed by atoms with van der Waals surface area (Å²) in [4.78, 5) is 23.9. The first-order valence-electron chi connectivity index (χ1n) is 7.25. The SMILES string of the molecule is Cc1ccc(N2CCCC(CCC(N)=O)C2)c([N+](=O)[O-])c1. The number of anilines is 1. The highest BCUT2D eigenvalue weighted by Gasteiger charge is 2.25. The molecule has 0 bridgehead atoms. The average molecular weight is 291 g/mol. The van der Waals surface area contributed by atoms with Crippen LogP contribution in [0.2, 0.25) is 0 Å². The van der Waals surface area contributed by atoms with Crippen molar-refractivity contribution in [3.05, 3.63) is 33.9 Å². The number of hydrogen-bond donors (Lipinski definition) is 1. The van der Waals surface area contributed by atoms with Crippen LogP contribution in [0.5, 0.6) is 0 Å². The molecule has 1 fully saturated rings. The maximum Gasteiger partial charge on any atom is 0.292 e. The van der Waals surface area contributed by atoms with Gasteiger partial charge in [0.05, 0.1) is 4.92 Å². The molecule has 6 heteroatoms. The third-order valence-corrected chi connectivity index (χ3v) is 3.99. The second-order valence-corrected chi connectivity index (χ2v) is 5.71. The van der Waals surface area contributed by atoms with Gasteiger partial charge in [0.15, 0.2) is 0 Å². The number of nitrogens with two attached hydrogens (primary N) is 1. The van der Waals surface area contributed by atoms with E-state index in [9.17, 15) is 14.9 Å². The molecule has 6 nitrogen and oxygen atoms in total. The number of hydrogen-bond acceptors (Lipinski definition) is 4. The minimum Gasteiger partial charge on any atom is -0.370 e. The lowest BCUT2D eigenvalue weighted by atomic mass is 9.92. The molecule has 0 saturated carbocycles. The molecule has 21 heavy (non-hydrogen) atoms. The Morgan fingerprint density at radius 1 is 1.52 bits per heavy atom. The van der Waals surface area contributed by atoms with E-state index >= 15 is 0 Å². The molecule has 1 unspecified atom stereocenters. The lowest BCUT2D eigenvalue weighted by Gasteiger charge is -2.34. The van der Waals surface area contributed by atoms with Crippen molar-refractivity contribution in [1.29, 1.82) is 0 Å². The summed E-state index contributed by atoms with van der Waals surface area (Å²) in [6.07, 6.45) is 3.16. The summed E-state index contributed by atoms with van der Waals surface area (Å²) in [5.74, 6) is 0.0839. The van der Waals surface area contributed by atoms with Gasteiger partial charge in [0.2, 0.25) is 5.91 Å². The summed E-state index contributed by atoms with van der Waals surface area (Å²) in [7, 11) is 0. The number of piperidine rings is 1. The van der Waals surface area contributed by atoms with Crippen molar-refractivity contribution in [1.82, 2.24) is 0 Å². The molecular formula is C15H21N3O3. The Kier molecular flexibility index (Phi) is 4.77. The number of nitro groups is 1. The van der Waals surface area contributed by atoms with Crippen molar-refractivity contribution in [2.45, 2.75) is 32.6 Å². The molecule has 114 valence electrons. The largest absolute Gasteiger partial charge is 0.370 e. The summed E-state index contributed by atoms with van der Waals surface area (Å²) in [6, 6.07) is 5.33. The van der Waals surface area contributed by atoms with Gasteiger partial charge in [0.25, 0.3) is 5.69 Å². The Labute approximate surface area is 124 Å². The van der Waals surface area contributed by atoms with Gasteiger partial charge in [-0.3, -0.25) is 14.9 Å². The zero-order valence-electron chi connectivity index (χ0n) is 12.2. The summed E-state index contributed by atoms with van der Waals surface area (Å²) in [5, 5.41) is 11.2. The van der Waals surface area contributed by atoms with Crippen LogP contribution >= 0.6 is 0 Å². The summed E-state index contributed by atoms with van der Waals surface area (Å²) in [6.45, 7) is 3.41. The number of benzene rings is 1. The van der Waals surface area contributed by atoms with E-state index in [1.54, 1.807) is 6.07 Å². The number of primary amides is 1. The van der Waals surface area contributed by atoms with Crippen LogP contribution in [0.3, 0.4) is 0 Å². The number of rotatable bonds is 5. The zero-order valence-corrected chi connectivity index (χ0v) is 12.2. The number of carbonyl (C=O) groups excluding carboxylic acids is 1. The van der Waals surface area contributed by atoms with Gasteiger partial charge in [-0.05, 0) is 43.7 Å². The molecule has 2 N–H and O–H groups in total. The van der Waals surface area contributed by atoms with Gasteiger partial charge in [-0.25, -0.2) is 0 Å². The third kappa shape index (κ3) is 3.93. The predicted molar refractivity (Wildman–Crippen MR) is 81.2 cm³/mol. The monoisotopic (exact) mass is 291 g/mol. The first kappa shape index (κ1) is 15.3. The molecule has 1 heterocycles. The molecule has 1 aromatic rings. The Balaban J connectivity index is 2.14. The Bertz CT molecular complexity index is 545. The number of carbonyl (C=O) groups is 1. The van der Waals surface area contributed by atoms with Crippen molar-refractivity contribution < 1.29 is 9.72 Å². The van der Waals surface area contributed by atoms with Gasteiger partial charge in [-0.2, -0.15) is 0 Å². The van der Waals surface area contributed by atoms with Gasteiger partial charge in [0, 0.05) is 25.6 Å². The van der Waals surface area contributed by atoms with E-state index in [0.29, 0.717) is 18.0 Å². The van der Waals surface area contributed by atoms with Gasteiger partial charge < -0.3 is 10.6 Å². The Morgan fingerprint density at radius 3 is 2.95 bits per heavy atom. The highest BCUT2D eigenvalue weighted by Crippen LogP contribution is 2.33. The lowest BCUT2D eigenvalue weighted by molar-refractivity contribution is -0.384. The highest BCUT2D eigenvalue weighted by molar-refractivity contribution is 5.73. The van der Waals surface area contributed by atoms with Crippen molar-refractivity contribution in [2.75, 3.05) is 18.0 Å². The molecule has 1 aliphatic rings. The minimum atomic E-state index is -0.324. The van der Waals surface area contributed by atoms with Gasteiger partial charge in [-0.15, -0.1) is 0 Å². The van der Waals surface area contributed by atoms with Crippen LogP contribution in [-0.2, 0) is 4.79 Å². The maximum atomic E-state index is 11.2. The van der Waals surface area contributed by atoms with Crippen LogP contribution < -0.4 is 10.6 Å². The van der Waals surface area contributed by atoms with Crippen LogP contribution in [0.1, 0.15) is 31.2 Å². The number of nitro benzene ring substituents is 1. The zero-order chi connectivity index (χ0) is 15.4. The fourth-order valence-corrected chi connectivity index (χ4v) is 2.91. The molecule has 1 amide bonds. The third-order valence-electron chi connectivity index (χ3n) is 3.99. The number of amides is 1. The Hall–Kier alpha value is -2.11. The molecule has 2 rings (SSSR count). The summed E-state index contributed by atoms with van der Waals surface area (Å²) in [5.41, 5.74) is 6.91. The fourth-order valence-electron chi connectivity index (χ4n) is 2.91. The molecule has 0 aliphatic carbocycles. The van der Waals surface area contributed by atoms with E-state index in [1.165, 1.54) is 0 Å². The van der Waals surface area contributed by atoms with Crippen LogP contribution in [-0.4, -0.2) is 23.9 Å². The van der Waals surface area contributed by atoms with Crippen molar-refractivity contribution in [2.24, 2.45) is 11.7 Å². The lowest BCUT2D eigenvalue weighted by Crippen LogP contribution is -2.36. The van der Waals surface area contributed by atoms with Crippen LogP contribution in [0, 0.1) is 23.0 Å². The topological polar surface area (TPSA) is 89.5 Å². The molecule has 1 aliphatic heterocycles. The van der Waals surface area contributed by atoms with Crippen LogP contribution in [0.25, 0.3) is 0 Å². The van der Waals surface area contributed by atoms with Crippen LogP contribution in [0.4, 0.5) is 11.4 Å². The Morgan fingerprint density at radius 2 is 2.29 bits per heavy atom. The van der Waals surface area contributed by atoms with E-state index in [1.807, 2.05) is 19.1 Å². The highest BCUT2D eigenvalue weighted by atomic mass is 16.6. The second-order valence-electron chi connectivity index (χ2n) is 5.71. The predicted octanol–water partition coefficient (Wildman–Crippen LogP) is 2.39. The van der Waals surface area contributed by atoms with E-state index < -0.39 is 0 Å². The normalized spacial score (nSPS) is 18.5. The van der Waals surface area contributed by atoms with E-state index in [4.69, 9.17) is 5.73 Å². The molecule has 1 saturated heterocycles. The molecule has 0 radical (unpaired) electrons. The molecule has 0 aromatic heterocycles. The van der Waals surface area contributed by atoms with E-state index in [-0.39, 0.29) is 16.5 Å². The van der Waals surface area contributed by atoms with Gasteiger partial charge >= 0.3 is 0 Å². The standard InChI is InChI=1S/C15H21N3O3/c1-11-4-6-13(14(9-11)18(20)21)17-8-2-3-12(10-17)5-7-15(16)19/h4,6,9,12H,2-3,5,7-8,10H2,1H3,(H2,16,19). The first-order valence-corrected chi connectivity index (χ1v) is 7.25. The quantitative estimate of drug-likeness (QED) is 0.666. The van der Waals surface area contributed by atoms with E-state index in [2.05, 4.69) is 4.90 Å². The smallest absolute Gasteiger partial charge is 0.292 e. The summed E-state index contributed by atoms with van der Waals surface area (Å²) >= 11 is 0. The second kappa shape index (κ2) is 6.56. The molecule has 1 atom stereocenters. The maximum absolute atomic E-state index is 11.2. The van der Waals surface area contributed by atoms with Gasteiger partial charge in [-0.1, -0.05) is 6.07 Å². The molecule has 1 aromatic carbocycles. The van der Waals surface area contributed by atoms with E-state index in [0.717, 1.165) is 37.9 Å². The fraction of sp³-hybridized carbons (Fsp3) is 0.533. The van der Waals surface area contributed by atoms with Crippen molar-refractivity contribution >= 4 is 17.3 Å². The molecular weight excluding hydrogens is 270 g/mol. The average Bonchev–Trinajstić information content (AvgIpc) is 2.45. The summed E-state index contributed by atoms with van der Waals surface area (Å²) < 4.78 is 0. The van der Waals surface area contributed by atoms with Crippen molar-refractivity contribution in [3.63, 3.8) is 0 Å². The van der Waals surface area contributed by atoms with Crippen LogP contribution in [0.15, 0.2) is 18.2 Å². The number of nitrogens with zero attached hydrogens (tertiary/aromatic N) is 2.